The van der Waals surface area contributed by atoms with Crippen LogP contribution in [-0.2, 0) is 12.8 Å². The molecule has 0 heterocycles. The Morgan fingerprint density at radius 1 is 1.00 bits per heavy atom. The standard InChI is InChI=1S/C17H27N/c1-3-15-7-9-16(10-8-15)13-17(14-18-4-2)11-5-6-12-17/h7-10,18H,3-6,11-14H2,1-2H3. The van der Waals surface area contributed by atoms with Crippen LogP contribution in [0.3, 0.4) is 0 Å². The molecule has 0 unspecified atom stereocenters. The molecular weight excluding hydrogens is 218 g/mol. The Morgan fingerprint density at radius 3 is 2.17 bits per heavy atom. The van der Waals surface area contributed by atoms with E-state index in [0.29, 0.717) is 5.41 Å². The van der Waals surface area contributed by atoms with Crippen molar-refractivity contribution in [1.29, 1.82) is 0 Å². The minimum Gasteiger partial charge on any atom is -0.316 e. The molecule has 1 aliphatic rings. The SMILES string of the molecule is CCNCC1(Cc2ccc(CC)cc2)CCCC1. The zero-order valence-corrected chi connectivity index (χ0v) is 12.0. The highest BCUT2D eigenvalue weighted by atomic mass is 14.9. The van der Waals surface area contributed by atoms with Gasteiger partial charge in [-0.2, -0.15) is 0 Å². The van der Waals surface area contributed by atoms with E-state index in [1.807, 2.05) is 0 Å². The molecule has 0 amide bonds. The summed E-state index contributed by atoms with van der Waals surface area (Å²) in [5.41, 5.74) is 3.50. The van der Waals surface area contributed by atoms with Crippen molar-refractivity contribution in [3.8, 4) is 0 Å². The largest absolute Gasteiger partial charge is 0.316 e. The first-order chi connectivity index (χ1) is 8.78. The predicted molar refractivity (Wildman–Crippen MR) is 79.0 cm³/mol. The maximum Gasteiger partial charge on any atom is 0.00109 e. The summed E-state index contributed by atoms with van der Waals surface area (Å²) in [6, 6.07) is 9.27. The van der Waals surface area contributed by atoms with Gasteiger partial charge in [0.1, 0.15) is 0 Å². The number of hydrogen-bond acceptors (Lipinski definition) is 1. The highest BCUT2D eigenvalue weighted by molar-refractivity contribution is 5.23. The molecule has 1 N–H and O–H groups in total. The molecule has 1 saturated carbocycles. The van der Waals surface area contributed by atoms with Gasteiger partial charge >= 0.3 is 0 Å². The molecule has 0 radical (unpaired) electrons. The normalized spacial score (nSPS) is 18.1. The lowest BCUT2D eigenvalue weighted by Crippen LogP contribution is -2.33. The Balaban J connectivity index is 2.03. The first-order valence-corrected chi connectivity index (χ1v) is 7.56. The molecular formula is C17H27N. The number of hydrogen-bond donors (Lipinski definition) is 1. The third-order valence-electron chi connectivity index (χ3n) is 4.42. The Kier molecular flexibility index (Phi) is 4.82. The molecule has 0 spiro atoms. The van der Waals surface area contributed by atoms with E-state index >= 15 is 0 Å². The average molecular weight is 245 g/mol. The van der Waals surface area contributed by atoms with Crippen LogP contribution in [0.5, 0.6) is 0 Å². The van der Waals surface area contributed by atoms with Gasteiger partial charge in [0, 0.05) is 6.54 Å². The summed E-state index contributed by atoms with van der Waals surface area (Å²) < 4.78 is 0. The lowest BCUT2D eigenvalue weighted by atomic mass is 9.79. The molecule has 1 aromatic rings. The van der Waals surface area contributed by atoms with Crippen molar-refractivity contribution in [2.24, 2.45) is 5.41 Å². The molecule has 1 heteroatoms. The second-order valence-electron chi connectivity index (χ2n) is 5.83. The van der Waals surface area contributed by atoms with Gasteiger partial charge in [-0.25, -0.2) is 0 Å². The highest BCUT2D eigenvalue weighted by Gasteiger charge is 2.33. The second kappa shape index (κ2) is 6.38. The molecule has 1 aromatic carbocycles. The van der Waals surface area contributed by atoms with E-state index < -0.39 is 0 Å². The van der Waals surface area contributed by atoms with Gasteiger partial charge in [0.15, 0.2) is 0 Å². The Bertz CT molecular complexity index is 346. The molecule has 1 nitrogen and oxygen atoms in total. The molecule has 100 valence electrons. The molecule has 18 heavy (non-hydrogen) atoms. The summed E-state index contributed by atoms with van der Waals surface area (Å²) in [4.78, 5) is 0. The van der Waals surface area contributed by atoms with Gasteiger partial charge in [0.2, 0.25) is 0 Å². The summed E-state index contributed by atoms with van der Waals surface area (Å²) >= 11 is 0. The monoisotopic (exact) mass is 245 g/mol. The van der Waals surface area contributed by atoms with Crippen LogP contribution in [0.1, 0.15) is 50.7 Å². The van der Waals surface area contributed by atoms with E-state index in [4.69, 9.17) is 0 Å². The molecule has 1 aliphatic carbocycles. The third-order valence-corrected chi connectivity index (χ3v) is 4.42. The molecule has 0 aliphatic heterocycles. The number of benzene rings is 1. The van der Waals surface area contributed by atoms with Crippen molar-refractivity contribution in [2.45, 2.75) is 52.4 Å². The lowest BCUT2D eigenvalue weighted by molar-refractivity contribution is 0.280. The van der Waals surface area contributed by atoms with Gasteiger partial charge in [0.25, 0.3) is 0 Å². The Hall–Kier alpha value is -0.820. The minimum absolute atomic E-state index is 0.531. The molecule has 1 fully saturated rings. The second-order valence-corrected chi connectivity index (χ2v) is 5.83. The van der Waals surface area contributed by atoms with E-state index in [0.717, 1.165) is 13.0 Å². The molecule has 2 rings (SSSR count). The fourth-order valence-corrected chi connectivity index (χ4v) is 3.26. The zero-order valence-electron chi connectivity index (χ0n) is 12.0. The fraction of sp³-hybridized carbons (Fsp3) is 0.647. The van der Waals surface area contributed by atoms with E-state index in [2.05, 4.69) is 43.4 Å². The maximum absolute atomic E-state index is 3.57. The number of nitrogens with one attached hydrogen (secondary N) is 1. The summed E-state index contributed by atoms with van der Waals surface area (Å²) in [6.07, 6.45) is 8.02. The van der Waals surface area contributed by atoms with Crippen LogP contribution in [0.25, 0.3) is 0 Å². The average Bonchev–Trinajstić information content (AvgIpc) is 2.86. The van der Waals surface area contributed by atoms with E-state index in [1.165, 1.54) is 49.8 Å². The van der Waals surface area contributed by atoms with E-state index in [9.17, 15) is 0 Å². The van der Waals surface area contributed by atoms with Crippen LogP contribution in [-0.4, -0.2) is 13.1 Å². The quantitative estimate of drug-likeness (QED) is 0.800. The third kappa shape index (κ3) is 3.35. The zero-order chi connectivity index (χ0) is 12.8. The Morgan fingerprint density at radius 2 is 1.61 bits per heavy atom. The van der Waals surface area contributed by atoms with Crippen molar-refractivity contribution >= 4 is 0 Å². The molecule has 0 aromatic heterocycles. The molecule has 0 atom stereocenters. The highest BCUT2D eigenvalue weighted by Crippen LogP contribution is 2.40. The fourth-order valence-electron chi connectivity index (χ4n) is 3.26. The topological polar surface area (TPSA) is 12.0 Å². The van der Waals surface area contributed by atoms with E-state index in [-0.39, 0.29) is 0 Å². The number of rotatable bonds is 6. The van der Waals surface area contributed by atoms with Crippen molar-refractivity contribution < 1.29 is 0 Å². The molecule has 0 saturated heterocycles. The first kappa shape index (κ1) is 13.6. The van der Waals surface area contributed by atoms with Crippen LogP contribution in [0.4, 0.5) is 0 Å². The summed E-state index contributed by atoms with van der Waals surface area (Å²) in [6.45, 7) is 6.72. The van der Waals surface area contributed by atoms with Crippen molar-refractivity contribution in [3.05, 3.63) is 35.4 Å². The van der Waals surface area contributed by atoms with Gasteiger partial charge in [0.05, 0.1) is 0 Å². The van der Waals surface area contributed by atoms with Gasteiger partial charge in [-0.15, -0.1) is 0 Å². The Labute approximate surface area is 112 Å². The van der Waals surface area contributed by atoms with Gasteiger partial charge in [-0.3, -0.25) is 0 Å². The van der Waals surface area contributed by atoms with Crippen LogP contribution in [0, 0.1) is 5.41 Å². The number of aryl methyl sites for hydroxylation is 1. The van der Waals surface area contributed by atoms with Gasteiger partial charge in [-0.05, 0) is 48.8 Å². The lowest BCUT2D eigenvalue weighted by Gasteiger charge is -2.29. The predicted octanol–water partition coefficient (Wildman–Crippen LogP) is 3.96. The van der Waals surface area contributed by atoms with Gasteiger partial charge in [-0.1, -0.05) is 51.0 Å². The van der Waals surface area contributed by atoms with Crippen LogP contribution in [0.15, 0.2) is 24.3 Å². The smallest absolute Gasteiger partial charge is 0.00109 e. The van der Waals surface area contributed by atoms with Gasteiger partial charge < -0.3 is 5.32 Å². The van der Waals surface area contributed by atoms with Crippen molar-refractivity contribution in [2.75, 3.05) is 13.1 Å². The summed E-state index contributed by atoms with van der Waals surface area (Å²) in [5.74, 6) is 0. The van der Waals surface area contributed by atoms with E-state index in [1.54, 1.807) is 0 Å². The van der Waals surface area contributed by atoms with Crippen LogP contribution < -0.4 is 5.32 Å². The van der Waals surface area contributed by atoms with Crippen LogP contribution >= 0.6 is 0 Å². The van der Waals surface area contributed by atoms with Crippen LogP contribution in [0.2, 0.25) is 0 Å². The van der Waals surface area contributed by atoms with Crippen molar-refractivity contribution in [3.63, 3.8) is 0 Å². The minimum atomic E-state index is 0.531. The van der Waals surface area contributed by atoms with Crippen molar-refractivity contribution in [1.82, 2.24) is 5.32 Å². The summed E-state index contributed by atoms with van der Waals surface area (Å²) in [7, 11) is 0. The summed E-state index contributed by atoms with van der Waals surface area (Å²) in [5, 5.41) is 3.57. The first-order valence-electron chi connectivity index (χ1n) is 7.56. The molecule has 0 bridgehead atoms. The maximum atomic E-state index is 3.57.